The lowest BCUT2D eigenvalue weighted by Gasteiger charge is -2.23. The van der Waals surface area contributed by atoms with Crippen LogP contribution >= 0.6 is 0 Å². The van der Waals surface area contributed by atoms with Crippen LogP contribution in [0.5, 0.6) is 5.75 Å². The molecule has 0 aliphatic heterocycles. The Bertz CT molecular complexity index is 990. The van der Waals surface area contributed by atoms with Crippen molar-refractivity contribution < 1.29 is 15.3 Å². The fourth-order valence-corrected chi connectivity index (χ4v) is 3.03. The maximum absolute atomic E-state index is 9.63. The number of anilines is 2. The molecule has 0 unspecified atom stereocenters. The van der Waals surface area contributed by atoms with E-state index >= 15 is 0 Å². The van der Waals surface area contributed by atoms with Crippen molar-refractivity contribution in [1.82, 2.24) is 0 Å². The Morgan fingerprint density at radius 3 is 2.33 bits per heavy atom. The van der Waals surface area contributed by atoms with Gasteiger partial charge in [0.25, 0.3) is 0 Å². The number of nitrogens with zero attached hydrogens (tertiary/aromatic N) is 2. The molecule has 156 valence electrons. The molecule has 1 aliphatic carbocycles. The van der Waals surface area contributed by atoms with Crippen LogP contribution in [-0.2, 0) is 0 Å². The molecular formula is C22H25N5O3. The minimum Gasteiger partial charge on any atom is -0.508 e. The summed E-state index contributed by atoms with van der Waals surface area (Å²) < 4.78 is 0. The number of nitrogens with one attached hydrogen (secondary N) is 2. The van der Waals surface area contributed by atoms with E-state index < -0.39 is 0 Å². The quantitative estimate of drug-likeness (QED) is 0.371. The monoisotopic (exact) mass is 407 g/mol. The van der Waals surface area contributed by atoms with E-state index in [1.165, 1.54) is 6.08 Å². The van der Waals surface area contributed by atoms with Gasteiger partial charge < -0.3 is 31.3 Å². The van der Waals surface area contributed by atoms with Gasteiger partial charge in [0.2, 0.25) is 0 Å². The van der Waals surface area contributed by atoms with E-state index in [0.29, 0.717) is 41.6 Å². The Morgan fingerprint density at radius 1 is 1.00 bits per heavy atom. The van der Waals surface area contributed by atoms with Crippen LogP contribution in [0.1, 0.15) is 0 Å². The molecule has 0 saturated carbocycles. The molecule has 0 heterocycles. The van der Waals surface area contributed by atoms with Crippen molar-refractivity contribution in [2.45, 2.75) is 0 Å². The highest BCUT2D eigenvalue weighted by atomic mass is 16.3. The molecule has 8 nitrogen and oxygen atoms in total. The van der Waals surface area contributed by atoms with Gasteiger partial charge in [-0.25, -0.2) is 4.99 Å². The summed E-state index contributed by atoms with van der Waals surface area (Å²) in [4.78, 5) is 6.46. The van der Waals surface area contributed by atoms with Crippen molar-refractivity contribution >= 4 is 28.5 Å². The molecule has 0 atom stereocenters. The summed E-state index contributed by atoms with van der Waals surface area (Å²) in [7, 11) is 0. The molecule has 0 saturated heterocycles. The van der Waals surface area contributed by atoms with Crippen molar-refractivity contribution in [2.24, 2.45) is 10.7 Å². The third kappa shape index (κ3) is 5.25. The molecule has 7 N–H and O–H groups in total. The Hall–Kier alpha value is -3.62. The Kier molecular flexibility index (Phi) is 6.84. The molecule has 0 radical (unpaired) electrons. The number of nitrogens with two attached hydrogens (primary N) is 1. The van der Waals surface area contributed by atoms with Crippen LogP contribution in [0.4, 0.5) is 17.1 Å². The SMILES string of the molecule is N=C1C=C(N)/C(=N/c2ccc(N(CCO)CCO)cc2)C=C1Nc1cccc(O)c1. The number of phenolic OH excluding ortho intramolecular Hbond substituents is 1. The summed E-state index contributed by atoms with van der Waals surface area (Å²) >= 11 is 0. The summed E-state index contributed by atoms with van der Waals surface area (Å²) in [5.41, 5.74) is 9.90. The fourth-order valence-electron chi connectivity index (χ4n) is 3.03. The van der Waals surface area contributed by atoms with Gasteiger partial charge in [-0.3, -0.25) is 5.41 Å². The van der Waals surface area contributed by atoms with Crippen molar-refractivity contribution in [3.63, 3.8) is 0 Å². The highest BCUT2D eigenvalue weighted by molar-refractivity contribution is 6.23. The van der Waals surface area contributed by atoms with Crippen LogP contribution in [0.25, 0.3) is 0 Å². The van der Waals surface area contributed by atoms with Crippen molar-refractivity contribution in [3.8, 4) is 5.75 Å². The van der Waals surface area contributed by atoms with Crippen LogP contribution < -0.4 is 16.0 Å². The second kappa shape index (κ2) is 9.73. The number of aromatic hydroxyl groups is 1. The Morgan fingerprint density at radius 2 is 1.70 bits per heavy atom. The van der Waals surface area contributed by atoms with Gasteiger partial charge in [-0.05, 0) is 48.6 Å². The zero-order valence-corrected chi connectivity index (χ0v) is 16.4. The van der Waals surface area contributed by atoms with E-state index in [2.05, 4.69) is 10.3 Å². The minimum absolute atomic E-state index is 0.00288. The highest BCUT2D eigenvalue weighted by Gasteiger charge is 2.15. The first-order valence-corrected chi connectivity index (χ1v) is 9.50. The summed E-state index contributed by atoms with van der Waals surface area (Å²) in [6.45, 7) is 0.853. The van der Waals surface area contributed by atoms with Crippen molar-refractivity contribution in [2.75, 3.05) is 36.5 Å². The topological polar surface area (TPSA) is 138 Å². The van der Waals surface area contributed by atoms with E-state index in [-0.39, 0.29) is 24.7 Å². The minimum atomic E-state index is -0.00288. The largest absolute Gasteiger partial charge is 0.508 e. The summed E-state index contributed by atoms with van der Waals surface area (Å²) in [5, 5.41) is 39.2. The Labute approximate surface area is 174 Å². The number of aliphatic imine (C=N–C) groups is 1. The maximum atomic E-state index is 9.63. The second-order valence-corrected chi connectivity index (χ2v) is 6.69. The molecular weight excluding hydrogens is 382 g/mol. The van der Waals surface area contributed by atoms with Crippen LogP contribution in [-0.4, -0.2) is 53.0 Å². The molecule has 0 bridgehead atoms. The lowest BCUT2D eigenvalue weighted by molar-refractivity contribution is 0.281. The van der Waals surface area contributed by atoms with E-state index in [1.54, 1.807) is 30.3 Å². The number of aliphatic hydroxyl groups is 2. The summed E-state index contributed by atoms with van der Waals surface area (Å²) in [6, 6.07) is 14.0. The van der Waals surface area contributed by atoms with Gasteiger partial charge in [0.15, 0.2) is 0 Å². The second-order valence-electron chi connectivity index (χ2n) is 6.69. The van der Waals surface area contributed by atoms with Crippen molar-refractivity contribution in [1.29, 1.82) is 5.41 Å². The van der Waals surface area contributed by atoms with E-state index in [4.69, 9.17) is 11.1 Å². The van der Waals surface area contributed by atoms with E-state index in [0.717, 1.165) is 5.69 Å². The van der Waals surface area contributed by atoms with Gasteiger partial charge in [-0.1, -0.05) is 6.07 Å². The number of phenols is 1. The van der Waals surface area contributed by atoms with Gasteiger partial charge in [-0.2, -0.15) is 0 Å². The highest BCUT2D eigenvalue weighted by Crippen LogP contribution is 2.23. The lowest BCUT2D eigenvalue weighted by atomic mass is 10.0. The first-order chi connectivity index (χ1) is 14.5. The molecule has 0 spiro atoms. The van der Waals surface area contributed by atoms with Crippen molar-refractivity contribution in [3.05, 3.63) is 72.1 Å². The van der Waals surface area contributed by atoms with Gasteiger partial charge in [0, 0.05) is 30.5 Å². The zero-order valence-electron chi connectivity index (χ0n) is 16.4. The lowest BCUT2D eigenvalue weighted by Crippen LogP contribution is -2.29. The number of rotatable bonds is 8. The summed E-state index contributed by atoms with van der Waals surface area (Å²) in [5.74, 6) is 0.128. The number of benzene rings is 2. The normalized spacial score (nSPS) is 15.0. The third-order valence-electron chi connectivity index (χ3n) is 4.50. The number of hydrogen-bond donors (Lipinski definition) is 6. The molecule has 0 amide bonds. The molecule has 2 aromatic carbocycles. The molecule has 0 fully saturated rings. The molecule has 30 heavy (non-hydrogen) atoms. The van der Waals surface area contributed by atoms with Crippen LogP contribution in [0.2, 0.25) is 0 Å². The van der Waals surface area contributed by atoms with Gasteiger partial charge in [0.05, 0.1) is 41.7 Å². The first kappa shape index (κ1) is 21.1. The standard InChI is InChI=1S/C22H25N5O3/c23-19-13-20(24)22(26-16-2-1-3-18(30)12-16)14-21(19)25-15-4-6-17(7-5-15)27(8-10-28)9-11-29/h1-7,12-14,24,26,28-30H,8-11,23H2/b24-20?,25-21+. The van der Waals surface area contributed by atoms with Crippen LogP contribution in [0, 0.1) is 5.41 Å². The fraction of sp³-hybridized carbons (Fsp3) is 0.182. The molecule has 1 aliphatic rings. The molecule has 3 rings (SSSR count). The number of aliphatic hydroxyl groups excluding tert-OH is 2. The zero-order chi connectivity index (χ0) is 21.5. The molecule has 8 heteroatoms. The van der Waals surface area contributed by atoms with Crippen LogP contribution in [0.15, 0.2) is 77.1 Å². The van der Waals surface area contributed by atoms with Crippen LogP contribution in [0.3, 0.4) is 0 Å². The summed E-state index contributed by atoms with van der Waals surface area (Å²) in [6.07, 6.45) is 3.22. The first-order valence-electron chi connectivity index (χ1n) is 9.50. The number of hydrogen-bond acceptors (Lipinski definition) is 8. The smallest absolute Gasteiger partial charge is 0.117 e. The molecule has 0 aromatic heterocycles. The van der Waals surface area contributed by atoms with Gasteiger partial charge >= 0.3 is 0 Å². The predicted octanol–water partition coefficient (Wildman–Crippen LogP) is 2.13. The van der Waals surface area contributed by atoms with E-state index in [9.17, 15) is 15.3 Å². The third-order valence-corrected chi connectivity index (χ3v) is 4.50. The average Bonchev–Trinajstić information content (AvgIpc) is 2.72. The van der Waals surface area contributed by atoms with E-state index in [1.807, 2.05) is 29.2 Å². The average molecular weight is 407 g/mol. The predicted molar refractivity (Wildman–Crippen MR) is 120 cm³/mol. The number of allylic oxidation sites excluding steroid dienone is 2. The molecule has 2 aromatic rings. The van der Waals surface area contributed by atoms with Gasteiger partial charge in [0.1, 0.15) is 5.75 Å². The van der Waals surface area contributed by atoms with Gasteiger partial charge in [-0.15, -0.1) is 0 Å². The Balaban J connectivity index is 1.83. The maximum Gasteiger partial charge on any atom is 0.117 e.